The third-order valence-corrected chi connectivity index (χ3v) is 5.29. The molecule has 0 saturated carbocycles. The Hall–Kier alpha value is -2.57. The summed E-state index contributed by atoms with van der Waals surface area (Å²) in [6.45, 7) is 3.26. The summed E-state index contributed by atoms with van der Waals surface area (Å²) in [5.74, 6) is 0.547. The molecule has 1 aliphatic rings. The minimum atomic E-state index is -1.09. The molecule has 0 aliphatic carbocycles. The number of carbonyl (C=O) groups excluding carboxylic acids is 1. The number of hydrogen-bond acceptors (Lipinski definition) is 5. The zero-order valence-electron chi connectivity index (χ0n) is 16.3. The third-order valence-electron chi connectivity index (χ3n) is 5.29. The summed E-state index contributed by atoms with van der Waals surface area (Å²) in [4.78, 5) is 15.0. The average molecular weight is 384 g/mol. The molecule has 6 heteroatoms. The van der Waals surface area contributed by atoms with Gasteiger partial charge in [0.25, 0.3) is 0 Å². The number of nitrogens with zero attached hydrogens (tertiary/aromatic N) is 1. The number of aliphatic hydroxyl groups is 1. The first-order chi connectivity index (χ1) is 13.5. The predicted octanol–water partition coefficient (Wildman–Crippen LogP) is 2.78. The van der Waals surface area contributed by atoms with E-state index in [9.17, 15) is 15.0 Å². The van der Waals surface area contributed by atoms with Gasteiger partial charge in [0.2, 0.25) is 5.91 Å². The van der Waals surface area contributed by atoms with Gasteiger partial charge in [0.05, 0.1) is 7.11 Å². The lowest BCUT2D eigenvalue weighted by Gasteiger charge is -2.31. The Kier molecular flexibility index (Phi) is 6.54. The van der Waals surface area contributed by atoms with Crippen molar-refractivity contribution in [3.05, 3.63) is 59.7 Å². The summed E-state index contributed by atoms with van der Waals surface area (Å²) < 4.78 is 5.38. The van der Waals surface area contributed by atoms with Gasteiger partial charge in [-0.1, -0.05) is 36.4 Å². The molecule has 1 fully saturated rings. The molecule has 0 aromatic heterocycles. The smallest absolute Gasteiger partial charge is 0.242 e. The second kappa shape index (κ2) is 9.08. The number of aromatic hydroxyl groups is 1. The van der Waals surface area contributed by atoms with Gasteiger partial charge in [0.15, 0.2) is 0 Å². The van der Waals surface area contributed by atoms with Crippen molar-refractivity contribution in [3.8, 4) is 11.5 Å². The van der Waals surface area contributed by atoms with E-state index in [1.807, 2.05) is 25.1 Å². The Morgan fingerprint density at radius 2 is 1.68 bits per heavy atom. The number of para-hydroxylation sites is 2. The van der Waals surface area contributed by atoms with Crippen LogP contribution in [-0.4, -0.2) is 47.3 Å². The Morgan fingerprint density at radius 3 is 2.32 bits per heavy atom. The molecule has 3 rings (SSSR count). The first-order valence-electron chi connectivity index (χ1n) is 9.66. The highest BCUT2D eigenvalue weighted by Gasteiger charge is 2.35. The van der Waals surface area contributed by atoms with Crippen LogP contribution in [0.25, 0.3) is 0 Å². The molecule has 0 unspecified atom stereocenters. The lowest BCUT2D eigenvalue weighted by atomic mass is 9.97. The van der Waals surface area contributed by atoms with Crippen molar-refractivity contribution >= 4 is 5.91 Å². The van der Waals surface area contributed by atoms with Crippen molar-refractivity contribution in [2.75, 3.05) is 20.2 Å². The topological polar surface area (TPSA) is 82.0 Å². The molecule has 6 nitrogen and oxygen atoms in total. The fraction of sp³-hybridized carbons (Fsp3) is 0.409. The lowest BCUT2D eigenvalue weighted by Crippen LogP contribution is -2.49. The van der Waals surface area contributed by atoms with E-state index in [0.717, 1.165) is 12.8 Å². The summed E-state index contributed by atoms with van der Waals surface area (Å²) in [5.41, 5.74) is 1.23. The van der Waals surface area contributed by atoms with Gasteiger partial charge in [-0.3, -0.25) is 10.1 Å². The predicted molar refractivity (Wildman–Crippen MR) is 107 cm³/mol. The number of phenolic OH excluding ortho intramolecular Hbond substituents is 1. The van der Waals surface area contributed by atoms with Gasteiger partial charge < -0.3 is 19.8 Å². The van der Waals surface area contributed by atoms with Crippen LogP contribution >= 0.6 is 0 Å². The molecule has 3 N–H and O–H groups in total. The summed E-state index contributed by atoms with van der Waals surface area (Å²) in [6.07, 6.45) is 0.855. The van der Waals surface area contributed by atoms with E-state index in [1.54, 1.807) is 42.3 Å². The third kappa shape index (κ3) is 4.29. The maximum absolute atomic E-state index is 13.2. The normalized spacial score (nSPS) is 17.2. The quantitative estimate of drug-likeness (QED) is 0.684. The number of phenols is 1. The molecule has 1 saturated heterocycles. The standard InChI is InChI=1S/C22H28N2O4/c1-15(16-9-3-5-11-18(16)25)23-20(22(27)24-13-7-8-14-24)21(26)17-10-4-6-12-19(17)28-2/h3-6,9-12,15,20-21,23,25-26H,7-8,13-14H2,1-2H3/t15-,20-,21+/m0/s1. The van der Waals surface area contributed by atoms with Crippen LogP contribution in [0, 0.1) is 0 Å². The number of ether oxygens (including phenoxy) is 1. The Balaban J connectivity index is 1.90. The van der Waals surface area contributed by atoms with E-state index in [1.165, 1.54) is 0 Å². The number of likely N-dealkylation sites (tertiary alicyclic amines) is 1. The van der Waals surface area contributed by atoms with E-state index < -0.39 is 12.1 Å². The van der Waals surface area contributed by atoms with Crippen molar-refractivity contribution in [1.82, 2.24) is 10.2 Å². The monoisotopic (exact) mass is 384 g/mol. The fourth-order valence-corrected chi connectivity index (χ4v) is 3.73. The second-order valence-electron chi connectivity index (χ2n) is 7.14. The summed E-state index contributed by atoms with van der Waals surface area (Å²) in [6, 6.07) is 13.0. The number of carbonyl (C=O) groups is 1. The number of benzene rings is 2. The van der Waals surface area contributed by atoms with E-state index in [0.29, 0.717) is 30.0 Å². The van der Waals surface area contributed by atoms with Gasteiger partial charge >= 0.3 is 0 Å². The van der Waals surface area contributed by atoms with Gasteiger partial charge in [-0.15, -0.1) is 0 Å². The summed E-state index contributed by atoms with van der Waals surface area (Å²) in [5, 5.41) is 24.5. The number of nitrogens with one attached hydrogen (secondary N) is 1. The SMILES string of the molecule is COc1ccccc1[C@@H](O)[C@H](N[C@@H](C)c1ccccc1O)C(=O)N1CCCC1. The van der Waals surface area contributed by atoms with Gasteiger partial charge in [-0.25, -0.2) is 0 Å². The minimum Gasteiger partial charge on any atom is -0.508 e. The van der Waals surface area contributed by atoms with Crippen LogP contribution < -0.4 is 10.1 Å². The Bertz CT molecular complexity index is 805. The molecule has 2 aromatic carbocycles. The largest absolute Gasteiger partial charge is 0.508 e. The van der Waals surface area contributed by atoms with Crippen LogP contribution in [0.3, 0.4) is 0 Å². The molecule has 1 heterocycles. The molecular formula is C22H28N2O4. The van der Waals surface area contributed by atoms with E-state index in [2.05, 4.69) is 5.32 Å². The molecule has 28 heavy (non-hydrogen) atoms. The maximum Gasteiger partial charge on any atom is 0.242 e. The molecular weight excluding hydrogens is 356 g/mol. The highest BCUT2D eigenvalue weighted by molar-refractivity contribution is 5.83. The van der Waals surface area contributed by atoms with Crippen molar-refractivity contribution in [2.45, 2.75) is 38.0 Å². The van der Waals surface area contributed by atoms with Crippen LogP contribution in [0.5, 0.6) is 11.5 Å². The van der Waals surface area contributed by atoms with Crippen molar-refractivity contribution < 1.29 is 19.7 Å². The van der Waals surface area contributed by atoms with Crippen LogP contribution in [0.2, 0.25) is 0 Å². The molecule has 0 radical (unpaired) electrons. The number of methoxy groups -OCH3 is 1. The van der Waals surface area contributed by atoms with Crippen LogP contribution in [0.4, 0.5) is 0 Å². The molecule has 2 aromatic rings. The average Bonchev–Trinajstić information content (AvgIpc) is 3.26. The zero-order valence-corrected chi connectivity index (χ0v) is 16.3. The molecule has 0 bridgehead atoms. The van der Waals surface area contributed by atoms with Crippen molar-refractivity contribution in [1.29, 1.82) is 0 Å². The van der Waals surface area contributed by atoms with Gasteiger partial charge in [-0.2, -0.15) is 0 Å². The number of rotatable bonds is 7. The first kappa shape index (κ1) is 20.2. The minimum absolute atomic E-state index is 0.141. The van der Waals surface area contributed by atoms with Crippen molar-refractivity contribution in [3.63, 3.8) is 0 Å². The molecule has 1 aliphatic heterocycles. The molecule has 0 spiro atoms. The van der Waals surface area contributed by atoms with E-state index in [4.69, 9.17) is 4.74 Å². The zero-order chi connectivity index (χ0) is 20.1. The highest BCUT2D eigenvalue weighted by Crippen LogP contribution is 2.31. The Labute approximate surface area is 165 Å². The van der Waals surface area contributed by atoms with Crippen LogP contribution in [0.1, 0.15) is 43.0 Å². The number of hydrogen-bond donors (Lipinski definition) is 3. The first-order valence-corrected chi connectivity index (χ1v) is 9.66. The summed E-state index contributed by atoms with van der Waals surface area (Å²) in [7, 11) is 1.54. The second-order valence-corrected chi connectivity index (χ2v) is 7.14. The lowest BCUT2D eigenvalue weighted by molar-refractivity contribution is -0.135. The Morgan fingerprint density at radius 1 is 1.07 bits per heavy atom. The molecule has 150 valence electrons. The van der Waals surface area contributed by atoms with E-state index >= 15 is 0 Å². The molecule has 3 atom stereocenters. The highest BCUT2D eigenvalue weighted by atomic mass is 16.5. The van der Waals surface area contributed by atoms with Crippen molar-refractivity contribution in [2.24, 2.45) is 0 Å². The number of amides is 1. The van der Waals surface area contributed by atoms with Crippen LogP contribution in [-0.2, 0) is 4.79 Å². The van der Waals surface area contributed by atoms with E-state index in [-0.39, 0.29) is 17.7 Å². The number of aliphatic hydroxyl groups excluding tert-OH is 1. The van der Waals surface area contributed by atoms with Gasteiger partial charge in [0.1, 0.15) is 23.6 Å². The molecule has 1 amide bonds. The van der Waals surface area contributed by atoms with Gasteiger partial charge in [0, 0.05) is 30.3 Å². The fourth-order valence-electron chi connectivity index (χ4n) is 3.73. The van der Waals surface area contributed by atoms with Gasteiger partial charge in [-0.05, 0) is 31.9 Å². The maximum atomic E-state index is 13.2. The summed E-state index contributed by atoms with van der Waals surface area (Å²) >= 11 is 0. The van der Waals surface area contributed by atoms with Crippen LogP contribution in [0.15, 0.2) is 48.5 Å².